The van der Waals surface area contributed by atoms with Crippen molar-refractivity contribution in [2.24, 2.45) is 5.92 Å². The van der Waals surface area contributed by atoms with Gasteiger partial charge in [-0.3, -0.25) is 9.59 Å². The van der Waals surface area contributed by atoms with Crippen molar-refractivity contribution >= 4 is 18.0 Å². The second-order valence-electron chi connectivity index (χ2n) is 5.66. The molecule has 0 aromatic heterocycles. The lowest BCUT2D eigenvalue weighted by Crippen LogP contribution is -2.32. The molecule has 0 radical (unpaired) electrons. The summed E-state index contributed by atoms with van der Waals surface area (Å²) in [6, 6.07) is 4.72. The highest BCUT2D eigenvalue weighted by Crippen LogP contribution is 2.27. The summed E-state index contributed by atoms with van der Waals surface area (Å²) in [7, 11) is 0. The fraction of sp³-hybridized carbons (Fsp3) is 0.500. The SMILES string of the molecule is CC(C)CCCC(C)NC(=O)c1cccc(NC=O)c1O. The van der Waals surface area contributed by atoms with Gasteiger partial charge in [0.25, 0.3) is 5.91 Å². The summed E-state index contributed by atoms with van der Waals surface area (Å²) in [5, 5.41) is 15.2. The van der Waals surface area contributed by atoms with E-state index in [2.05, 4.69) is 24.5 Å². The number of amides is 2. The van der Waals surface area contributed by atoms with E-state index in [0.717, 1.165) is 19.3 Å². The van der Waals surface area contributed by atoms with Crippen LogP contribution in [0, 0.1) is 5.92 Å². The Morgan fingerprint density at radius 3 is 2.62 bits per heavy atom. The zero-order valence-corrected chi connectivity index (χ0v) is 12.8. The molecule has 2 amide bonds. The molecule has 0 fully saturated rings. The zero-order valence-electron chi connectivity index (χ0n) is 12.8. The zero-order chi connectivity index (χ0) is 15.8. The Morgan fingerprint density at radius 2 is 2.00 bits per heavy atom. The van der Waals surface area contributed by atoms with E-state index in [1.165, 1.54) is 12.1 Å². The highest BCUT2D eigenvalue weighted by Gasteiger charge is 2.16. The normalized spacial score (nSPS) is 12.0. The molecule has 0 bridgehead atoms. The van der Waals surface area contributed by atoms with Crippen LogP contribution in [-0.2, 0) is 4.79 Å². The number of hydrogen-bond acceptors (Lipinski definition) is 3. The third-order valence-corrected chi connectivity index (χ3v) is 3.29. The Kier molecular flexibility index (Phi) is 6.72. The van der Waals surface area contributed by atoms with Crippen molar-refractivity contribution in [1.82, 2.24) is 5.32 Å². The van der Waals surface area contributed by atoms with Crippen LogP contribution in [0.3, 0.4) is 0 Å². The molecule has 3 N–H and O–H groups in total. The van der Waals surface area contributed by atoms with Crippen LogP contribution in [0.1, 0.15) is 50.4 Å². The molecule has 1 aromatic carbocycles. The second-order valence-corrected chi connectivity index (χ2v) is 5.66. The maximum Gasteiger partial charge on any atom is 0.255 e. The van der Waals surface area contributed by atoms with Crippen molar-refractivity contribution < 1.29 is 14.7 Å². The Labute approximate surface area is 125 Å². The number of carbonyl (C=O) groups excluding carboxylic acids is 2. The van der Waals surface area contributed by atoms with Gasteiger partial charge in [-0.2, -0.15) is 0 Å². The highest BCUT2D eigenvalue weighted by atomic mass is 16.3. The molecule has 0 saturated heterocycles. The minimum atomic E-state index is -0.334. The molecular formula is C16H24N2O3. The molecule has 1 aromatic rings. The van der Waals surface area contributed by atoms with Crippen LogP contribution in [0.4, 0.5) is 5.69 Å². The van der Waals surface area contributed by atoms with Gasteiger partial charge in [-0.1, -0.05) is 32.8 Å². The lowest BCUT2D eigenvalue weighted by molar-refractivity contribution is -0.105. The molecule has 1 atom stereocenters. The largest absolute Gasteiger partial charge is 0.505 e. The number of phenolic OH excluding ortho intramolecular Hbond substituents is 1. The van der Waals surface area contributed by atoms with Gasteiger partial charge in [0.15, 0.2) is 5.75 Å². The molecule has 0 spiro atoms. The van der Waals surface area contributed by atoms with Gasteiger partial charge in [0.05, 0.1) is 11.3 Å². The van der Waals surface area contributed by atoms with Crippen LogP contribution < -0.4 is 10.6 Å². The number of anilines is 1. The maximum absolute atomic E-state index is 12.1. The van der Waals surface area contributed by atoms with E-state index in [-0.39, 0.29) is 28.9 Å². The van der Waals surface area contributed by atoms with Gasteiger partial charge in [0.1, 0.15) is 0 Å². The predicted octanol–water partition coefficient (Wildman–Crippen LogP) is 2.91. The smallest absolute Gasteiger partial charge is 0.255 e. The minimum absolute atomic E-state index is 0.0401. The van der Waals surface area contributed by atoms with Gasteiger partial charge in [0.2, 0.25) is 6.41 Å². The summed E-state index contributed by atoms with van der Waals surface area (Å²) in [6.45, 7) is 6.29. The fourth-order valence-electron chi connectivity index (χ4n) is 2.11. The molecule has 0 heterocycles. The first-order valence-corrected chi connectivity index (χ1v) is 7.28. The van der Waals surface area contributed by atoms with Gasteiger partial charge >= 0.3 is 0 Å². The van der Waals surface area contributed by atoms with E-state index in [1.807, 2.05) is 6.92 Å². The number of benzene rings is 1. The first kappa shape index (κ1) is 17.0. The molecule has 1 rings (SSSR count). The lowest BCUT2D eigenvalue weighted by atomic mass is 10.0. The quantitative estimate of drug-likeness (QED) is 0.509. The predicted molar refractivity (Wildman–Crippen MR) is 83.4 cm³/mol. The Hall–Kier alpha value is -2.04. The van der Waals surface area contributed by atoms with Crippen LogP contribution in [0.2, 0.25) is 0 Å². The van der Waals surface area contributed by atoms with Gasteiger partial charge in [-0.15, -0.1) is 0 Å². The topological polar surface area (TPSA) is 78.4 Å². The van der Waals surface area contributed by atoms with E-state index in [9.17, 15) is 14.7 Å². The lowest BCUT2D eigenvalue weighted by Gasteiger charge is -2.15. The Bertz CT molecular complexity index is 486. The molecule has 0 aliphatic carbocycles. The molecule has 21 heavy (non-hydrogen) atoms. The van der Waals surface area contributed by atoms with Crippen molar-refractivity contribution in [3.63, 3.8) is 0 Å². The molecule has 1 unspecified atom stereocenters. The van der Waals surface area contributed by atoms with E-state index in [1.54, 1.807) is 6.07 Å². The van der Waals surface area contributed by atoms with E-state index < -0.39 is 0 Å². The molecule has 0 aliphatic heterocycles. The summed E-state index contributed by atoms with van der Waals surface area (Å²) in [6.07, 6.45) is 3.55. The summed E-state index contributed by atoms with van der Waals surface area (Å²) >= 11 is 0. The second kappa shape index (κ2) is 8.29. The van der Waals surface area contributed by atoms with Gasteiger partial charge < -0.3 is 15.7 Å². The average Bonchev–Trinajstić information content (AvgIpc) is 2.40. The fourth-order valence-corrected chi connectivity index (χ4v) is 2.11. The van der Waals surface area contributed by atoms with Crippen molar-refractivity contribution in [3.8, 4) is 5.75 Å². The number of carbonyl (C=O) groups is 2. The van der Waals surface area contributed by atoms with Crippen LogP contribution in [0.15, 0.2) is 18.2 Å². The summed E-state index contributed by atoms with van der Waals surface area (Å²) in [5.74, 6) is 0.110. The summed E-state index contributed by atoms with van der Waals surface area (Å²) in [4.78, 5) is 22.6. The van der Waals surface area contributed by atoms with Crippen molar-refractivity contribution in [2.45, 2.75) is 46.1 Å². The number of rotatable bonds is 8. The van der Waals surface area contributed by atoms with Crippen LogP contribution in [0.5, 0.6) is 5.75 Å². The van der Waals surface area contributed by atoms with E-state index in [4.69, 9.17) is 0 Å². The Balaban J connectivity index is 2.63. The maximum atomic E-state index is 12.1. The highest BCUT2D eigenvalue weighted by molar-refractivity contribution is 5.99. The molecular weight excluding hydrogens is 268 g/mol. The molecule has 116 valence electrons. The van der Waals surface area contributed by atoms with Gasteiger partial charge in [-0.25, -0.2) is 0 Å². The molecule has 0 aliphatic rings. The van der Waals surface area contributed by atoms with Crippen molar-refractivity contribution in [2.75, 3.05) is 5.32 Å². The first-order valence-electron chi connectivity index (χ1n) is 7.28. The van der Waals surface area contributed by atoms with Crippen LogP contribution in [0.25, 0.3) is 0 Å². The number of para-hydroxylation sites is 1. The monoisotopic (exact) mass is 292 g/mol. The third-order valence-electron chi connectivity index (χ3n) is 3.29. The van der Waals surface area contributed by atoms with Gasteiger partial charge in [0, 0.05) is 6.04 Å². The molecule has 5 heteroatoms. The number of aromatic hydroxyl groups is 1. The summed E-state index contributed by atoms with van der Waals surface area (Å²) in [5.41, 5.74) is 0.391. The van der Waals surface area contributed by atoms with Crippen LogP contribution >= 0.6 is 0 Å². The average molecular weight is 292 g/mol. The first-order chi connectivity index (χ1) is 9.95. The summed E-state index contributed by atoms with van der Waals surface area (Å²) < 4.78 is 0. The van der Waals surface area contributed by atoms with E-state index in [0.29, 0.717) is 12.3 Å². The standard InChI is InChI=1S/C16H24N2O3/c1-11(2)6-4-7-12(3)18-16(21)13-8-5-9-14(15(13)20)17-10-19/h5,8-12,20H,4,6-7H2,1-3H3,(H,17,19)(H,18,21). The number of phenols is 1. The minimum Gasteiger partial charge on any atom is -0.505 e. The number of hydrogen-bond donors (Lipinski definition) is 3. The van der Waals surface area contributed by atoms with E-state index >= 15 is 0 Å². The van der Waals surface area contributed by atoms with Crippen molar-refractivity contribution in [1.29, 1.82) is 0 Å². The molecule has 0 saturated carbocycles. The van der Waals surface area contributed by atoms with Crippen molar-refractivity contribution in [3.05, 3.63) is 23.8 Å². The van der Waals surface area contributed by atoms with Gasteiger partial charge in [-0.05, 0) is 31.4 Å². The number of nitrogens with one attached hydrogen (secondary N) is 2. The Morgan fingerprint density at radius 1 is 1.29 bits per heavy atom. The van der Waals surface area contributed by atoms with Crippen LogP contribution in [-0.4, -0.2) is 23.5 Å². The third kappa shape index (κ3) is 5.45. The molecule has 5 nitrogen and oxygen atoms in total.